The second-order valence-corrected chi connectivity index (χ2v) is 0.972. The van der Waals surface area contributed by atoms with Crippen LogP contribution in [0.1, 0.15) is 0 Å². The summed E-state index contributed by atoms with van der Waals surface area (Å²) in [5.41, 5.74) is 4.77. The highest BCUT2D eigenvalue weighted by atomic mass is 31.1. The third-order valence-corrected chi connectivity index (χ3v) is 0.245. The fraction of sp³-hybridized carbons (Fsp3) is 1.00. The van der Waals surface area contributed by atoms with Crippen molar-refractivity contribution >= 4 is 8.81 Å². The van der Waals surface area contributed by atoms with Crippen molar-refractivity contribution in [3.05, 3.63) is 0 Å². The van der Waals surface area contributed by atoms with Gasteiger partial charge in [0.2, 0.25) is 0 Å². The second kappa shape index (κ2) is 3.35. The number of nitrogens with two attached hydrogens (primary N) is 1. The van der Waals surface area contributed by atoms with E-state index in [4.69, 9.17) is 10.6 Å². The molecule has 0 saturated heterocycles. The summed E-state index contributed by atoms with van der Waals surface area (Å²) in [4.78, 5) is 7.72. The van der Waals surface area contributed by atoms with Crippen molar-refractivity contribution in [1.82, 2.24) is 0 Å². The van der Waals surface area contributed by atoms with Crippen LogP contribution in [0.5, 0.6) is 0 Å². The topological polar surface area (TPSA) is 46.2 Å². The van der Waals surface area contributed by atoms with Crippen molar-refractivity contribution in [2.24, 2.45) is 5.73 Å². The van der Waals surface area contributed by atoms with Crippen LogP contribution in [0.15, 0.2) is 0 Å². The van der Waals surface area contributed by atoms with E-state index in [0.29, 0.717) is 6.29 Å². The van der Waals surface area contributed by atoms with E-state index in [9.17, 15) is 0 Å². The van der Waals surface area contributed by atoms with Crippen molar-refractivity contribution in [2.75, 3.05) is 6.29 Å². The maximum Gasteiger partial charge on any atom is 0.0922 e. The number of hydrogen-bond acceptors (Lipinski definition) is 2. The molecule has 0 saturated carbocycles. The first-order valence-corrected chi connectivity index (χ1v) is 1.96. The zero-order valence-corrected chi connectivity index (χ0v) is 3.07. The van der Waals surface area contributed by atoms with Crippen molar-refractivity contribution in [1.29, 1.82) is 0 Å². The molecule has 0 amide bonds. The molecule has 0 aliphatic carbocycles. The van der Waals surface area contributed by atoms with Crippen molar-refractivity contribution < 1.29 is 4.89 Å². The minimum Gasteiger partial charge on any atom is -0.366 e. The first-order chi connectivity index (χ1) is 1.91. The standard InChI is InChI=1S/CH5NOP/c2-1-4-3/h3H,1-2H2. The summed E-state index contributed by atoms with van der Waals surface area (Å²) < 4.78 is 0. The molecule has 2 nitrogen and oxygen atoms in total. The monoisotopic (exact) mass is 78.0 g/mol. The highest BCUT2D eigenvalue weighted by Gasteiger charge is 1.59. The minimum atomic E-state index is 0.276. The van der Waals surface area contributed by atoms with Crippen LogP contribution in [0, 0.1) is 0 Å². The molecule has 0 spiro atoms. The van der Waals surface area contributed by atoms with E-state index in [-0.39, 0.29) is 8.81 Å². The predicted octanol–water partition coefficient (Wildman–Crippen LogP) is -0.244. The Morgan fingerprint density at radius 1 is 2.00 bits per heavy atom. The normalized spacial score (nSPS) is 10.5. The van der Waals surface area contributed by atoms with Gasteiger partial charge >= 0.3 is 0 Å². The van der Waals surface area contributed by atoms with Crippen LogP contribution in [-0.2, 0) is 0 Å². The molecular formula is CH5NOP. The fourth-order valence-corrected chi connectivity index (χ4v) is 0. The molecule has 0 heterocycles. The molecule has 0 unspecified atom stereocenters. The molecule has 0 aliphatic heterocycles. The average Bonchev–Trinajstić information content (AvgIpc) is 1.37. The van der Waals surface area contributed by atoms with Crippen LogP contribution in [-0.4, -0.2) is 11.2 Å². The molecule has 0 aromatic carbocycles. The molecule has 0 atom stereocenters. The maximum absolute atomic E-state index is 7.72. The molecule has 0 aliphatic rings. The third-order valence-electron chi connectivity index (χ3n) is 0.0816. The molecule has 0 aromatic rings. The molecule has 3 heteroatoms. The van der Waals surface area contributed by atoms with Crippen LogP contribution in [0.3, 0.4) is 0 Å². The van der Waals surface area contributed by atoms with Gasteiger partial charge in [0.05, 0.1) is 8.81 Å². The van der Waals surface area contributed by atoms with Gasteiger partial charge in [0.1, 0.15) is 0 Å². The minimum absolute atomic E-state index is 0.276. The molecule has 0 aromatic heterocycles. The quantitative estimate of drug-likeness (QED) is 0.425. The Kier molecular flexibility index (Phi) is 3.64. The van der Waals surface area contributed by atoms with Gasteiger partial charge in [-0.2, -0.15) is 0 Å². The number of hydrogen-bond donors (Lipinski definition) is 2. The molecule has 3 N–H and O–H groups in total. The molecule has 1 radical (unpaired) electrons. The summed E-state index contributed by atoms with van der Waals surface area (Å²) in [6.45, 7) is 0. The van der Waals surface area contributed by atoms with Gasteiger partial charge in [-0.05, 0) is 0 Å². The lowest BCUT2D eigenvalue weighted by molar-refractivity contribution is 0.645. The zero-order chi connectivity index (χ0) is 3.41. The van der Waals surface area contributed by atoms with E-state index in [2.05, 4.69) is 0 Å². The summed E-state index contributed by atoms with van der Waals surface area (Å²) in [5.74, 6) is 0. The summed E-state index contributed by atoms with van der Waals surface area (Å²) in [6, 6.07) is 0. The van der Waals surface area contributed by atoms with Gasteiger partial charge < -0.3 is 10.6 Å². The van der Waals surface area contributed by atoms with Gasteiger partial charge in [-0.1, -0.05) is 0 Å². The first kappa shape index (κ1) is 4.35. The van der Waals surface area contributed by atoms with E-state index in [1.54, 1.807) is 0 Å². The second-order valence-electron chi connectivity index (χ2n) is 0.324. The maximum atomic E-state index is 7.72. The van der Waals surface area contributed by atoms with E-state index >= 15 is 0 Å². The summed E-state index contributed by atoms with van der Waals surface area (Å²) in [5, 5.41) is 0. The first-order valence-electron chi connectivity index (χ1n) is 0.924. The van der Waals surface area contributed by atoms with Gasteiger partial charge in [-0.25, -0.2) is 0 Å². The van der Waals surface area contributed by atoms with E-state index in [0.717, 1.165) is 0 Å². The van der Waals surface area contributed by atoms with E-state index in [1.807, 2.05) is 0 Å². The Bertz CT molecular complexity index is 10.0. The lowest BCUT2D eigenvalue weighted by Gasteiger charge is -1.68. The predicted molar refractivity (Wildman–Crippen MR) is 18.2 cm³/mol. The van der Waals surface area contributed by atoms with Crippen molar-refractivity contribution in [2.45, 2.75) is 0 Å². The van der Waals surface area contributed by atoms with Crippen LogP contribution in [0.2, 0.25) is 0 Å². The highest BCUT2D eigenvalue weighted by Crippen LogP contribution is 1.89. The third kappa shape index (κ3) is 2.35. The fourth-order valence-electron chi connectivity index (χ4n) is 0. The molecular weight excluding hydrogens is 73.0 g/mol. The Morgan fingerprint density at radius 2 is 2.25 bits per heavy atom. The van der Waals surface area contributed by atoms with Crippen molar-refractivity contribution in [3.8, 4) is 0 Å². The Balaban J connectivity index is 1.97. The van der Waals surface area contributed by atoms with Gasteiger partial charge in [0, 0.05) is 6.29 Å². The Hall–Kier alpha value is 0.350. The SMILES string of the molecule is NC[P]O. The summed E-state index contributed by atoms with van der Waals surface area (Å²) in [6.07, 6.45) is 0.347. The molecule has 4 heavy (non-hydrogen) atoms. The van der Waals surface area contributed by atoms with Crippen LogP contribution in [0.25, 0.3) is 0 Å². The van der Waals surface area contributed by atoms with Crippen LogP contribution < -0.4 is 5.73 Å². The number of rotatable bonds is 1. The van der Waals surface area contributed by atoms with Crippen LogP contribution >= 0.6 is 8.81 Å². The van der Waals surface area contributed by atoms with Crippen molar-refractivity contribution in [3.63, 3.8) is 0 Å². The van der Waals surface area contributed by atoms with Gasteiger partial charge in [-0.3, -0.25) is 0 Å². The van der Waals surface area contributed by atoms with Crippen LogP contribution in [0.4, 0.5) is 0 Å². The largest absolute Gasteiger partial charge is 0.366 e. The zero-order valence-electron chi connectivity index (χ0n) is 2.18. The summed E-state index contributed by atoms with van der Waals surface area (Å²) >= 11 is 0. The van der Waals surface area contributed by atoms with Gasteiger partial charge in [0.15, 0.2) is 0 Å². The smallest absolute Gasteiger partial charge is 0.0922 e. The van der Waals surface area contributed by atoms with E-state index in [1.165, 1.54) is 0 Å². The molecule has 0 bridgehead atoms. The lowest BCUT2D eigenvalue weighted by atomic mass is 11.6. The Labute approximate surface area is 26.9 Å². The summed E-state index contributed by atoms with van der Waals surface area (Å²) in [7, 11) is 0.276. The van der Waals surface area contributed by atoms with E-state index < -0.39 is 0 Å². The average molecular weight is 78.0 g/mol. The van der Waals surface area contributed by atoms with Gasteiger partial charge in [0.25, 0.3) is 0 Å². The molecule has 25 valence electrons. The van der Waals surface area contributed by atoms with Gasteiger partial charge in [-0.15, -0.1) is 0 Å². The molecule has 0 rings (SSSR count). The molecule has 0 fully saturated rings. The Morgan fingerprint density at radius 3 is 2.25 bits per heavy atom. The lowest BCUT2D eigenvalue weighted by Crippen LogP contribution is -1.86. The highest BCUT2D eigenvalue weighted by molar-refractivity contribution is 7.30.